The zero-order chi connectivity index (χ0) is 30.6. The van der Waals surface area contributed by atoms with Crippen LogP contribution in [0.5, 0.6) is 0 Å². The van der Waals surface area contributed by atoms with Crippen LogP contribution in [0, 0.1) is 0 Å². The Bertz CT molecular complexity index is 514. The molecule has 43 heavy (non-hydrogen) atoms. The summed E-state index contributed by atoms with van der Waals surface area (Å²) in [6.45, 7) is 12.4. The van der Waals surface area contributed by atoms with E-state index in [0.29, 0.717) is 152 Å². The Balaban J connectivity index is 1.60. The SMILES string of the molecule is OCCOCCOCCOCCOCCOCCOCCOCCOCCOCCOCCOCCOC1CCCCO1. The van der Waals surface area contributed by atoms with Crippen LogP contribution in [0.1, 0.15) is 19.3 Å². The lowest BCUT2D eigenvalue weighted by molar-refractivity contribution is -0.169. The third-order valence-corrected chi connectivity index (χ3v) is 5.63. The third-order valence-electron chi connectivity index (χ3n) is 5.63. The van der Waals surface area contributed by atoms with Crippen molar-refractivity contribution in [1.29, 1.82) is 0 Å². The Morgan fingerprint density at radius 2 is 0.651 bits per heavy atom. The maximum Gasteiger partial charge on any atom is 0.157 e. The molecule has 0 aromatic heterocycles. The molecule has 1 unspecified atom stereocenters. The molecule has 1 fully saturated rings. The van der Waals surface area contributed by atoms with Gasteiger partial charge in [0, 0.05) is 6.61 Å². The summed E-state index contributed by atoms with van der Waals surface area (Å²) < 4.78 is 70.6. The zero-order valence-corrected chi connectivity index (χ0v) is 26.1. The minimum absolute atomic E-state index is 0.0260. The molecule has 1 heterocycles. The fraction of sp³-hybridized carbons (Fsp3) is 1.00. The van der Waals surface area contributed by atoms with Crippen LogP contribution in [-0.2, 0) is 61.6 Å². The summed E-state index contributed by atoms with van der Waals surface area (Å²) in [5.74, 6) is 0. The second kappa shape index (κ2) is 35.9. The van der Waals surface area contributed by atoms with Gasteiger partial charge in [0.25, 0.3) is 0 Å². The first-order valence-electron chi connectivity index (χ1n) is 15.6. The number of rotatable bonds is 36. The van der Waals surface area contributed by atoms with Crippen LogP contribution < -0.4 is 0 Å². The Labute approximate surface area is 257 Å². The van der Waals surface area contributed by atoms with E-state index in [1.807, 2.05) is 0 Å². The fourth-order valence-electron chi connectivity index (χ4n) is 3.45. The second-order valence-corrected chi connectivity index (χ2v) is 9.13. The molecule has 1 N–H and O–H groups in total. The number of hydrogen-bond acceptors (Lipinski definition) is 14. The molecule has 0 aromatic rings. The molecule has 1 aliphatic rings. The molecule has 0 spiro atoms. The lowest BCUT2D eigenvalue weighted by Crippen LogP contribution is -2.24. The highest BCUT2D eigenvalue weighted by atomic mass is 16.7. The quantitative estimate of drug-likeness (QED) is 0.0972. The van der Waals surface area contributed by atoms with Crippen molar-refractivity contribution in [3.8, 4) is 0 Å². The fourth-order valence-corrected chi connectivity index (χ4v) is 3.45. The zero-order valence-electron chi connectivity index (χ0n) is 26.1. The van der Waals surface area contributed by atoms with Gasteiger partial charge in [-0.1, -0.05) is 0 Å². The molecule has 1 atom stereocenters. The summed E-state index contributed by atoms with van der Waals surface area (Å²) in [4.78, 5) is 0. The minimum Gasteiger partial charge on any atom is -0.394 e. The molecular weight excluding hydrogens is 572 g/mol. The molecule has 0 bridgehead atoms. The van der Waals surface area contributed by atoms with Crippen molar-refractivity contribution in [3.05, 3.63) is 0 Å². The maximum absolute atomic E-state index is 8.57. The number of aliphatic hydroxyl groups excluding tert-OH is 1. The monoisotopic (exact) mass is 630 g/mol. The van der Waals surface area contributed by atoms with Crippen LogP contribution in [0.2, 0.25) is 0 Å². The largest absolute Gasteiger partial charge is 0.394 e. The predicted octanol–water partition coefficient (Wildman–Crippen LogP) is 0.705. The lowest BCUT2D eigenvalue weighted by atomic mass is 10.2. The standard InChI is InChI=1S/C29H58O14/c30-4-6-31-7-8-32-9-10-33-11-12-34-13-14-35-15-16-36-17-18-37-19-20-38-21-22-39-23-24-40-25-26-41-27-28-43-29-3-1-2-5-42-29/h29-30H,1-28H2. The van der Waals surface area contributed by atoms with Gasteiger partial charge in [-0.15, -0.1) is 0 Å². The van der Waals surface area contributed by atoms with E-state index in [4.69, 9.17) is 66.7 Å². The molecule has 0 amide bonds. The van der Waals surface area contributed by atoms with Crippen LogP contribution in [-0.4, -0.2) is 177 Å². The summed E-state index contributed by atoms with van der Waals surface area (Å²) in [5, 5.41) is 8.57. The summed E-state index contributed by atoms with van der Waals surface area (Å²) in [7, 11) is 0. The molecule has 14 heteroatoms. The van der Waals surface area contributed by atoms with Crippen LogP contribution in [0.4, 0.5) is 0 Å². The van der Waals surface area contributed by atoms with Gasteiger partial charge in [0.1, 0.15) is 0 Å². The van der Waals surface area contributed by atoms with Gasteiger partial charge in [0.05, 0.1) is 159 Å². The van der Waals surface area contributed by atoms with Crippen molar-refractivity contribution in [2.75, 3.05) is 165 Å². The van der Waals surface area contributed by atoms with Gasteiger partial charge in [0.15, 0.2) is 6.29 Å². The van der Waals surface area contributed by atoms with Gasteiger partial charge in [-0.05, 0) is 19.3 Å². The van der Waals surface area contributed by atoms with Crippen LogP contribution in [0.3, 0.4) is 0 Å². The summed E-state index contributed by atoms with van der Waals surface area (Å²) in [5.41, 5.74) is 0. The normalized spacial score (nSPS) is 15.4. The topological polar surface area (TPSA) is 140 Å². The van der Waals surface area contributed by atoms with Gasteiger partial charge >= 0.3 is 0 Å². The Morgan fingerprint density at radius 1 is 0.372 bits per heavy atom. The average Bonchev–Trinajstić information content (AvgIpc) is 3.03. The molecule has 1 saturated heterocycles. The molecule has 1 rings (SSSR count). The first kappa shape index (κ1) is 40.5. The first-order valence-corrected chi connectivity index (χ1v) is 15.6. The molecule has 0 aromatic carbocycles. The summed E-state index contributed by atoms with van der Waals surface area (Å²) in [6, 6.07) is 0. The Kier molecular flexibility index (Phi) is 33.8. The molecule has 0 saturated carbocycles. The smallest absolute Gasteiger partial charge is 0.157 e. The lowest BCUT2D eigenvalue weighted by Gasteiger charge is -2.22. The second-order valence-electron chi connectivity index (χ2n) is 9.13. The van der Waals surface area contributed by atoms with E-state index in [1.54, 1.807) is 0 Å². The molecule has 14 nitrogen and oxygen atoms in total. The molecule has 258 valence electrons. The first-order chi connectivity index (χ1) is 21.4. The van der Waals surface area contributed by atoms with Crippen LogP contribution in [0.15, 0.2) is 0 Å². The summed E-state index contributed by atoms with van der Waals surface area (Å²) in [6.07, 6.45) is 3.19. The number of ether oxygens (including phenoxy) is 13. The van der Waals surface area contributed by atoms with E-state index in [-0.39, 0.29) is 12.9 Å². The minimum atomic E-state index is -0.0663. The van der Waals surface area contributed by atoms with E-state index in [1.165, 1.54) is 0 Å². The van der Waals surface area contributed by atoms with Gasteiger partial charge in [-0.25, -0.2) is 0 Å². The average molecular weight is 631 g/mol. The van der Waals surface area contributed by atoms with Gasteiger partial charge in [0.2, 0.25) is 0 Å². The highest BCUT2D eigenvalue weighted by Crippen LogP contribution is 2.13. The maximum atomic E-state index is 8.57. The van der Waals surface area contributed by atoms with E-state index < -0.39 is 0 Å². The van der Waals surface area contributed by atoms with E-state index in [2.05, 4.69) is 0 Å². The van der Waals surface area contributed by atoms with Gasteiger partial charge < -0.3 is 66.7 Å². The van der Waals surface area contributed by atoms with Crippen molar-refractivity contribution in [2.45, 2.75) is 25.6 Å². The molecular formula is C29H58O14. The van der Waals surface area contributed by atoms with Crippen molar-refractivity contribution in [3.63, 3.8) is 0 Å². The molecule has 0 radical (unpaired) electrons. The van der Waals surface area contributed by atoms with Crippen LogP contribution >= 0.6 is 0 Å². The van der Waals surface area contributed by atoms with Gasteiger partial charge in [-0.3, -0.25) is 0 Å². The summed E-state index contributed by atoms with van der Waals surface area (Å²) >= 11 is 0. The van der Waals surface area contributed by atoms with E-state index >= 15 is 0 Å². The van der Waals surface area contributed by atoms with Crippen molar-refractivity contribution in [2.24, 2.45) is 0 Å². The van der Waals surface area contributed by atoms with E-state index in [9.17, 15) is 0 Å². The van der Waals surface area contributed by atoms with Crippen molar-refractivity contribution in [1.82, 2.24) is 0 Å². The Morgan fingerprint density at radius 3 is 0.907 bits per heavy atom. The van der Waals surface area contributed by atoms with Crippen molar-refractivity contribution < 1.29 is 66.7 Å². The number of hydrogen-bond donors (Lipinski definition) is 1. The predicted molar refractivity (Wildman–Crippen MR) is 156 cm³/mol. The van der Waals surface area contributed by atoms with Gasteiger partial charge in [-0.2, -0.15) is 0 Å². The number of aliphatic hydroxyl groups is 1. The third kappa shape index (κ3) is 32.6. The molecule has 1 aliphatic heterocycles. The van der Waals surface area contributed by atoms with E-state index in [0.717, 1.165) is 25.9 Å². The van der Waals surface area contributed by atoms with Crippen LogP contribution in [0.25, 0.3) is 0 Å². The van der Waals surface area contributed by atoms with Crippen molar-refractivity contribution >= 4 is 0 Å². The highest BCUT2D eigenvalue weighted by Gasteiger charge is 2.13. The molecule has 0 aliphatic carbocycles. The Hall–Kier alpha value is -0.560. The highest BCUT2D eigenvalue weighted by molar-refractivity contribution is 4.53.